The first-order valence-electron chi connectivity index (χ1n) is 8.59. The van der Waals surface area contributed by atoms with Gasteiger partial charge in [-0.25, -0.2) is 14.6 Å². The molecule has 0 saturated carbocycles. The van der Waals surface area contributed by atoms with E-state index in [4.69, 9.17) is 0 Å². The second kappa shape index (κ2) is 6.71. The molecule has 0 spiro atoms. The van der Waals surface area contributed by atoms with Gasteiger partial charge in [-0.05, 0) is 26.3 Å². The molecule has 2 saturated heterocycles. The molecule has 2 fully saturated rings. The van der Waals surface area contributed by atoms with Crippen LogP contribution >= 0.6 is 11.8 Å². The lowest BCUT2D eigenvalue weighted by Gasteiger charge is -2.39. The van der Waals surface area contributed by atoms with E-state index in [1.165, 1.54) is 18.1 Å². The smallest absolute Gasteiger partial charge is 0.227 e. The van der Waals surface area contributed by atoms with Crippen LogP contribution in [0.25, 0.3) is 5.82 Å². The van der Waals surface area contributed by atoms with Crippen molar-refractivity contribution in [1.29, 1.82) is 0 Å². The number of nitrogens with one attached hydrogen (secondary N) is 1. The van der Waals surface area contributed by atoms with Crippen LogP contribution in [0.4, 0.5) is 5.82 Å². The zero-order chi connectivity index (χ0) is 18.3. The molecule has 0 bridgehead atoms. The Morgan fingerprint density at radius 1 is 1.23 bits per heavy atom. The number of aryl methyl sites for hydroxylation is 2. The fourth-order valence-corrected chi connectivity index (χ4v) is 4.17. The normalized spacial score (nSPS) is 20.3. The topological polar surface area (TPSA) is 93.0 Å². The lowest BCUT2D eigenvalue weighted by molar-refractivity contribution is -0.128. The maximum absolute atomic E-state index is 12.3. The van der Waals surface area contributed by atoms with E-state index in [1.54, 1.807) is 4.68 Å². The number of carbonyl (C=O) groups is 2. The van der Waals surface area contributed by atoms with E-state index in [0.717, 1.165) is 29.4 Å². The molecule has 9 heteroatoms. The summed E-state index contributed by atoms with van der Waals surface area (Å²) >= 11 is 1.30. The first kappa shape index (κ1) is 17.0. The van der Waals surface area contributed by atoms with E-state index in [-0.39, 0.29) is 23.0 Å². The Kier molecular flexibility index (Phi) is 4.39. The molecule has 1 unspecified atom stereocenters. The number of anilines is 1. The number of hydrogen-bond acceptors (Lipinski definition) is 7. The standard InChI is InChI=1S/C17H20N6O2S/c1-10-5-11(2)23(21-10)15-6-14(18-9-19-15)22-7-12(8-22)16(24)20-13-3-4-26-17(13)25/h5-6,9,12-13H,3-4,7-8H2,1-2H3,(H,20,24). The van der Waals surface area contributed by atoms with E-state index in [9.17, 15) is 9.59 Å². The van der Waals surface area contributed by atoms with E-state index < -0.39 is 0 Å². The van der Waals surface area contributed by atoms with Gasteiger partial charge in [-0.3, -0.25) is 9.59 Å². The number of amides is 1. The summed E-state index contributed by atoms with van der Waals surface area (Å²) in [4.78, 5) is 34.6. The maximum atomic E-state index is 12.3. The van der Waals surface area contributed by atoms with Gasteiger partial charge < -0.3 is 10.2 Å². The average molecular weight is 372 g/mol. The molecule has 4 rings (SSSR count). The van der Waals surface area contributed by atoms with Gasteiger partial charge in [-0.15, -0.1) is 0 Å². The third kappa shape index (κ3) is 3.18. The lowest BCUT2D eigenvalue weighted by Crippen LogP contribution is -2.55. The minimum atomic E-state index is -0.321. The predicted molar refractivity (Wildman–Crippen MR) is 98.3 cm³/mol. The van der Waals surface area contributed by atoms with Crippen molar-refractivity contribution >= 4 is 28.6 Å². The Morgan fingerprint density at radius 3 is 2.65 bits per heavy atom. The second-order valence-corrected chi connectivity index (χ2v) is 7.79. The lowest BCUT2D eigenvalue weighted by atomic mass is 9.98. The van der Waals surface area contributed by atoms with Crippen molar-refractivity contribution in [3.05, 3.63) is 29.8 Å². The zero-order valence-corrected chi connectivity index (χ0v) is 15.5. The fraction of sp³-hybridized carbons (Fsp3) is 0.471. The third-order valence-electron chi connectivity index (χ3n) is 4.69. The van der Waals surface area contributed by atoms with Gasteiger partial charge in [0.2, 0.25) is 11.0 Å². The van der Waals surface area contributed by atoms with Crippen molar-refractivity contribution in [1.82, 2.24) is 25.1 Å². The molecule has 1 atom stereocenters. The Labute approximate surface area is 155 Å². The summed E-state index contributed by atoms with van der Waals surface area (Å²) in [5.74, 6) is 2.12. The van der Waals surface area contributed by atoms with E-state index in [1.807, 2.05) is 30.9 Å². The Bertz CT molecular complexity index is 861. The minimum absolute atomic E-state index is 0.0464. The van der Waals surface area contributed by atoms with E-state index >= 15 is 0 Å². The van der Waals surface area contributed by atoms with Crippen LogP contribution in [0, 0.1) is 19.8 Å². The maximum Gasteiger partial charge on any atom is 0.227 e. The molecule has 8 nitrogen and oxygen atoms in total. The number of hydrogen-bond donors (Lipinski definition) is 1. The number of carbonyl (C=O) groups excluding carboxylic acids is 2. The molecule has 1 N–H and O–H groups in total. The van der Waals surface area contributed by atoms with Gasteiger partial charge in [0.15, 0.2) is 5.82 Å². The number of aromatic nitrogens is 4. The van der Waals surface area contributed by atoms with Crippen LogP contribution in [-0.4, -0.2) is 55.7 Å². The van der Waals surface area contributed by atoms with Gasteiger partial charge in [0, 0.05) is 30.6 Å². The third-order valence-corrected chi connectivity index (χ3v) is 5.70. The first-order chi connectivity index (χ1) is 12.5. The number of nitrogens with zero attached hydrogens (tertiary/aromatic N) is 5. The molecule has 26 heavy (non-hydrogen) atoms. The molecule has 2 aromatic rings. The highest BCUT2D eigenvalue weighted by Crippen LogP contribution is 2.25. The zero-order valence-electron chi connectivity index (χ0n) is 14.7. The van der Waals surface area contributed by atoms with Crippen LogP contribution in [0.2, 0.25) is 0 Å². The summed E-state index contributed by atoms with van der Waals surface area (Å²) < 4.78 is 1.79. The van der Waals surface area contributed by atoms with Crippen molar-refractivity contribution in [2.75, 3.05) is 23.7 Å². The van der Waals surface area contributed by atoms with E-state index in [2.05, 4.69) is 20.4 Å². The van der Waals surface area contributed by atoms with Crippen molar-refractivity contribution < 1.29 is 9.59 Å². The van der Waals surface area contributed by atoms with Crippen LogP contribution < -0.4 is 10.2 Å². The molecule has 1 amide bonds. The highest BCUT2D eigenvalue weighted by atomic mass is 32.2. The molecule has 2 aromatic heterocycles. The SMILES string of the molecule is Cc1cc(C)n(-c2cc(N3CC(C(=O)NC4CCSC4=O)C3)ncn2)n1. The molecular weight excluding hydrogens is 352 g/mol. The Hall–Kier alpha value is -2.42. The van der Waals surface area contributed by atoms with Crippen LogP contribution in [0.3, 0.4) is 0 Å². The molecule has 2 aliphatic heterocycles. The van der Waals surface area contributed by atoms with Gasteiger partial charge in [-0.1, -0.05) is 11.8 Å². The molecule has 136 valence electrons. The molecular formula is C17H20N6O2S. The molecule has 0 radical (unpaired) electrons. The average Bonchev–Trinajstić information content (AvgIpc) is 3.11. The summed E-state index contributed by atoms with van der Waals surface area (Å²) in [6, 6.07) is 3.55. The Morgan fingerprint density at radius 2 is 2.00 bits per heavy atom. The highest BCUT2D eigenvalue weighted by Gasteiger charge is 2.36. The molecule has 0 aliphatic carbocycles. The summed E-state index contributed by atoms with van der Waals surface area (Å²) in [5, 5.41) is 7.38. The monoisotopic (exact) mass is 372 g/mol. The van der Waals surface area contributed by atoms with Crippen molar-refractivity contribution in [2.45, 2.75) is 26.3 Å². The summed E-state index contributed by atoms with van der Waals surface area (Å²) in [7, 11) is 0. The summed E-state index contributed by atoms with van der Waals surface area (Å²) in [6.07, 6.45) is 2.24. The first-order valence-corrected chi connectivity index (χ1v) is 9.57. The highest BCUT2D eigenvalue weighted by molar-refractivity contribution is 8.14. The number of rotatable bonds is 4. The van der Waals surface area contributed by atoms with Crippen LogP contribution in [0.1, 0.15) is 17.8 Å². The van der Waals surface area contributed by atoms with Gasteiger partial charge in [0.05, 0.1) is 17.7 Å². The predicted octanol–water partition coefficient (Wildman–Crippen LogP) is 0.864. The summed E-state index contributed by atoms with van der Waals surface area (Å²) in [6.45, 7) is 5.10. The van der Waals surface area contributed by atoms with Gasteiger partial charge in [0.1, 0.15) is 12.1 Å². The van der Waals surface area contributed by atoms with E-state index in [0.29, 0.717) is 18.9 Å². The van der Waals surface area contributed by atoms with Crippen LogP contribution in [-0.2, 0) is 9.59 Å². The van der Waals surface area contributed by atoms with Gasteiger partial charge in [-0.2, -0.15) is 5.10 Å². The van der Waals surface area contributed by atoms with Gasteiger partial charge in [0.25, 0.3) is 0 Å². The minimum Gasteiger partial charge on any atom is -0.355 e. The fourth-order valence-electron chi connectivity index (χ4n) is 3.23. The summed E-state index contributed by atoms with van der Waals surface area (Å²) in [5.41, 5.74) is 1.94. The molecule has 4 heterocycles. The molecule has 2 aliphatic rings. The van der Waals surface area contributed by atoms with Crippen LogP contribution in [0.15, 0.2) is 18.5 Å². The molecule has 0 aromatic carbocycles. The van der Waals surface area contributed by atoms with Crippen molar-refractivity contribution in [3.8, 4) is 5.82 Å². The largest absolute Gasteiger partial charge is 0.355 e. The van der Waals surface area contributed by atoms with Crippen LogP contribution in [0.5, 0.6) is 0 Å². The van der Waals surface area contributed by atoms with Crippen molar-refractivity contribution in [2.24, 2.45) is 5.92 Å². The second-order valence-electron chi connectivity index (χ2n) is 6.69. The number of thioether (sulfide) groups is 1. The quantitative estimate of drug-likeness (QED) is 0.851. The van der Waals surface area contributed by atoms with Crippen molar-refractivity contribution in [3.63, 3.8) is 0 Å². The Balaban J connectivity index is 1.40. The van der Waals surface area contributed by atoms with Gasteiger partial charge >= 0.3 is 0 Å².